The average molecular weight is 896 g/mol. The molecule has 3 atom stereocenters. The maximum Gasteiger partial charge on any atom is 0.306 e. The van der Waals surface area contributed by atoms with E-state index in [1.807, 2.05) is 0 Å². The average Bonchev–Trinajstić information content (AvgIpc) is 3.29. The number of ether oxygens (including phenoxy) is 1. The summed E-state index contributed by atoms with van der Waals surface area (Å²) in [5, 5.41) is 23.8. The van der Waals surface area contributed by atoms with Crippen LogP contribution in [0.2, 0.25) is 0 Å². The topological polar surface area (TPSA) is 95.9 Å². The highest BCUT2D eigenvalue weighted by Crippen LogP contribution is 2.18. The minimum atomic E-state index is -0.797. The van der Waals surface area contributed by atoms with Gasteiger partial charge in [-0.1, -0.05) is 242 Å². The Labute approximate surface area is 397 Å². The summed E-state index contributed by atoms with van der Waals surface area (Å²) in [6.45, 7) is 6.37. The molecule has 3 unspecified atom stereocenters. The molecule has 0 rings (SSSR count). The lowest BCUT2D eigenvalue weighted by Crippen LogP contribution is -2.46. The van der Waals surface area contributed by atoms with Crippen molar-refractivity contribution in [1.82, 2.24) is 5.32 Å². The third-order valence-corrected chi connectivity index (χ3v) is 12.4. The first-order valence-corrected chi connectivity index (χ1v) is 27.5. The molecule has 0 bridgehead atoms. The van der Waals surface area contributed by atoms with E-state index in [2.05, 4.69) is 86.8 Å². The molecule has 1 amide bonds. The number of aliphatic hydroxyl groups is 2. The zero-order valence-electron chi connectivity index (χ0n) is 42.4. The van der Waals surface area contributed by atoms with Crippen molar-refractivity contribution in [1.29, 1.82) is 0 Å². The maximum atomic E-state index is 13.2. The molecule has 3 N–H and O–H groups in total. The number of carbonyl (C=O) groups excluding carboxylic acids is 2. The molecule has 0 aliphatic heterocycles. The van der Waals surface area contributed by atoms with Crippen molar-refractivity contribution in [2.45, 2.75) is 289 Å². The molecule has 0 spiro atoms. The van der Waals surface area contributed by atoms with Gasteiger partial charge in [-0.15, -0.1) is 0 Å². The standard InChI is InChI=1S/C58H105NO5/c1-4-7-10-13-16-19-22-25-27-28-29-31-33-36-39-42-45-48-51-58(63)64-54(49-46-43-40-37-34-24-21-18-15-12-9-6-3)52-57(62)59-55(53-60)56(61)50-47-44-41-38-35-32-30-26-23-20-17-14-11-8-5-2/h9,12,18,21-22,25,27-29,31,54-56,60-61H,4-8,10-11,13-17,19-20,23-24,26,30,32-53H2,1-3H3,(H,59,62)/b12-9+,21-18+,25-22+,28-27+,31-29+. The minimum absolute atomic E-state index is 0.0588. The van der Waals surface area contributed by atoms with Crippen molar-refractivity contribution in [3.8, 4) is 0 Å². The molecule has 0 aromatic heterocycles. The highest BCUT2D eigenvalue weighted by atomic mass is 16.5. The number of nitrogens with one attached hydrogen (secondary N) is 1. The predicted octanol–water partition coefficient (Wildman–Crippen LogP) is 16.8. The minimum Gasteiger partial charge on any atom is -0.462 e. The lowest BCUT2D eigenvalue weighted by atomic mass is 10.0. The Kier molecular flexibility index (Phi) is 49.6. The number of aliphatic hydroxyl groups excluding tert-OH is 2. The molecule has 0 aromatic rings. The van der Waals surface area contributed by atoms with Crippen molar-refractivity contribution in [2.75, 3.05) is 6.61 Å². The fraction of sp³-hybridized carbons (Fsp3) is 0.793. The highest BCUT2D eigenvalue weighted by Gasteiger charge is 2.24. The first-order chi connectivity index (χ1) is 31.5. The monoisotopic (exact) mass is 896 g/mol. The molecule has 0 radical (unpaired) electrons. The molecule has 0 saturated heterocycles. The molecule has 0 aromatic carbocycles. The molecule has 372 valence electrons. The number of unbranched alkanes of at least 4 members (excludes halogenated alkanes) is 29. The SMILES string of the molecule is CC/C=C/C/C=C/CCCCCCCC(CC(=O)NC(CO)C(O)CCCCCCCCCCCCCCCCC)OC(=O)CCCCCCC/C=C/C=C/C=C/CCCCCCC. The summed E-state index contributed by atoms with van der Waals surface area (Å²) < 4.78 is 5.93. The Morgan fingerprint density at radius 2 is 0.906 bits per heavy atom. The molecular formula is C58H105NO5. The second-order valence-electron chi connectivity index (χ2n) is 18.7. The molecular weight excluding hydrogens is 791 g/mol. The van der Waals surface area contributed by atoms with Crippen molar-refractivity contribution in [2.24, 2.45) is 0 Å². The van der Waals surface area contributed by atoms with Crippen LogP contribution >= 0.6 is 0 Å². The van der Waals surface area contributed by atoms with Gasteiger partial charge in [-0.05, 0) is 77.0 Å². The van der Waals surface area contributed by atoms with Crippen LogP contribution in [0.5, 0.6) is 0 Å². The van der Waals surface area contributed by atoms with Gasteiger partial charge in [-0.25, -0.2) is 0 Å². The largest absolute Gasteiger partial charge is 0.462 e. The van der Waals surface area contributed by atoms with Crippen molar-refractivity contribution >= 4 is 11.9 Å². The second-order valence-corrected chi connectivity index (χ2v) is 18.7. The van der Waals surface area contributed by atoms with Crippen molar-refractivity contribution in [3.05, 3.63) is 60.8 Å². The number of hydrogen-bond donors (Lipinski definition) is 3. The normalized spacial score (nSPS) is 13.6. The van der Waals surface area contributed by atoms with Gasteiger partial charge in [-0.2, -0.15) is 0 Å². The van der Waals surface area contributed by atoms with Gasteiger partial charge in [0.15, 0.2) is 0 Å². The van der Waals surface area contributed by atoms with E-state index in [1.54, 1.807) is 0 Å². The van der Waals surface area contributed by atoms with Crippen LogP contribution in [0.15, 0.2) is 60.8 Å². The molecule has 6 nitrogen and oxygen atoms in total. The van der Waals surface area contributed by atoms with Crippen LogP contribution in [-0.4, -0.2) is 46.9 Å². The molecule has 0 fully saturated rings. The number of rotatable bonds is 49. The van der Waals surface area contributed by atoms with E-state index in [1.165, 1.54) is 128 Å². The van der Waals surface area contributed by atoms with Crippen LogP contribution in [-0.2, 0) is 14.3 Å². The van der Waals surface area contributed by atoms with E-state index in [4.69, 9.17) is 4.74 Å². The van der Waals surface area contributed by atoms with Gasteiger partial charge in [-0.3, -0.25) is 9.59 Å². The van der Waals surface area contributed by atoms with Crippen LogP contribution in [0.3, 0.4) is 0 Å². The summed E-state index contributed by atoms with van der Waals surface area (Å²) in [6, 6.07) is -0.712. The fourth-order valence-corrected chi connectivity index (χ4v) is 8.24. The third-order valence-electron chi connectivity index (χ3n) is 12.4. The van der Waals surface area contributed by atoms with Gasteiger partial charge in [0, 0.05) is 6.42 Å². The van der Waals surface area contributed by atoms with Gasteiger partial charge in [0.2, 0.25) is 5.91 Å². The third kappa shape index (κ3) is 46.1. The summed E-state index contributed by atoms with van der Waals surface area (Å²) in [6.07, 6.45) is 64.2. The van der Waals surface area contributed by atoms with Crippen LogP contribution < -0.4 is 5.32 Å². The second kappa shape index (κ2) is 51.5. The molecule has 64 heavy (non-hydrogen) atoms. The summed E-state index contributed by atoms with van der Waals surface area (Å²) in [5.74, 6) is -0.507. The quantitative estimate of drug-likeness (QED) is 0.0245. The number of hydrogen-bond acceptors (Lipinski definition) is 5. The zero-order chi connectivity index (χ0) is 46.7. The summed E-state index contributed by atoms with van der Waals surface area (Å²) >= 11 is 0. The molecule has 0 saturated carbocycles. The number of allylic oxidation sites excluding steroid dienone is 10. The molecule has 0 aliphatic rings. The lowest BCUT2D eigenvalue weighted by molar-refractivity contribution is -0.151. The highest BCUT2D eigenvalue weighted by molar-refractivity contribution is 5.77. The van der Waals surface area contributed by atoms with Gasteiger partial charge in [0.25, 0.3) is 0 Å². The summed E-state index contributed by atoms with van der Waals surface area (Å²) in [7, 11) is 0. The fourth-order valence-electron chi connectivity index (χ4n) is 8.24. The van der Waals surface area contributed by atoms with E-state index in [-0.39, 0.29) is 24.9 Å². The Morgan fingerprint density at radius 3 is 1.39 bits per heavy atom. The Balaban J connectivity index is 4.56. The Hall–Kier alpha value is -2.44. The van der Waals surface area contributed by atoms with Gasteiger partial charge < -0.3 is 20.3 Å². The van der Waals surface area contributed by atoms with Gasteiger partial charge in [0.05, 0.1) is 25.2 Å². The van der Waals surface area contributed by atoms with Gasteiger partial charge >= 0.3 is 5.97 Å². The summed E-state index contributed by atoms with van der Waals surface area (Å²) in [5.41, 5.74) is 0. The molecule has 0 aliphatic carbocycles. The van der Waals surface area contributed by atoms with Crippen LogP contribution in [0.25, 0.3) is 0 Å². The van der Waals surface area contributed by atoms with E-state index in [9.17, 15) is 19.8 Å². The lowest BCUT2D eigenvalue weighted by Gasteiger charge is -2.24. The van der Waals surface area contributed by atoms with Gasteiger partial charge in [0.1, 0.15) is 6.10 Å². The van der Waals surface area contributed by atoms with Crippen LogP contribution in [0, 0.1) is 0 Å². The predicted molar refractivity (Wildman–Crippen MR) is 278 cm³/mol. The van der Waals surface area contributed by atoms with Crippen LogP contribution in [0.1, 0.15) is 271 Å². The van der Waals surface area contributed by atoms with E-state index in [0.29, 0.717) is 19.3 Å². The Bertz CT molecular complexity index is 1140. The van der Waals surface area contributed by atoms with E-state index < -0.39 is 18.2 Å². The number of carbonyl (C=O) groups is 2. The number of amides is 1. The Morgan fingerprint density at radius 1 is 0.484 bits per heavy atom. The van der Waals surface area contributed by atoms with Crippen LogP contribution in [0.4, 0.5) is 0 Å². The number of esters is 1. The summed E-state index contributed by atoms with van der Waals surface area (Å²) in [4.78, 5) is 26.2. The zero-order valence-corrected chi connectivity index (χ0v) is 42.4. The first-order valence-electron chi connectivity index (χ1n) is 27.5. The van der Waals surface area contributed by atoms with E-state index >= 15 is 0 Å². The van der Waals surface area contributed by atoms with Crippen molar-refractivity contribution < 1.29 is 24.5 Å². The maximum absolute atomic E-state index is 13.2. The van der Waals surface area contributed by atoms with Crippen molar-refractivity contribution in [3.63, 3.8) is 0 Å². The molecule has 0 heterocycles. The first kappa shape index (κ1) is 61.6. The smallest absolute Gasteiger partial charge is 0.306 e. The van der Waals surface area contributed by atoms with E-state index in [0.717, 1.165) is 96.3 Å². The molecule has 6 heteroatoms.